The Kier molecular flexibility index (Phi) is 6.25. The van der Waals surface area contributed by atoms with Crippen LogP contribution in [0, 0.1) is 19.3 Å². The van der Waals surface area contributed by atoms with Crippen molar-refractivity contribution >= 4 is 0 Å². The summed E-state index contributed by atoms with van der Waals surface area (Å²) in [7, 11) is 1.65. The van der Waals surface area contributed by atoms with Gasteiger partial charge in [0.05, 0.1) is 6.10 Å². The zero-order chi connectivity index (χ0) is 7.82. The van der Waals surface area contributed by atoms with E-state index in [4.69, 9.17) is 15.9 Å². The maximum Gasteiger partial charge on any atom is 0.107 e. The molecule has 0 aliphatic rings. The lowest BCUT2D eigenvalue weighted by Gasteiger charge is -2.08. The van der Waals surface area contributed by atoms with Gasteiger partial charge in [-0.1, -0.05) is 5.92 Å². The summed E-state index contributed by atoms with van der Waals surface area (Å²) < 4.78 is 9.89. The molecular weight excluding hydrogens is 128 g/mol. The number of terminal acetylenes is 1. The van der Waals surface area contributed by atoms with Crippen molar-refractivity contribution in [3.63, 3.8) is 0 Å². The fraction of sp³-hybridized carbons (Fsp3) is 0.625. The minimum Gasteiger partial charge on any atom is -0.385 e. The largest absolute Gasteiger partial charge is 0.385 e. The molecule has 10 heavy (non-hydrogen) atoms. The summed E-state index contributed by atoms with van der Waals surface area (Å²) in [5.41, 5.74) is 0. The summed E-state index contributed by atoms with van der Waals surface area (Å²) in [6.07, 6.45) is 5.72. The molecule has 0 amide bonds. The zero-order valence-corrected chi connectivity index (χ0v) is 6.30. The van der Waals surface area contributed by atoms with Gasteiger partial charge in [-0.3, -0.25) is 0 Å². The van der Waals surface area contributed by atoms with Crippen molar-refractivity contribution in [1.29, 1.82) is 0 Å². The van der Waals surface area contributed by atoms with E-state index in [0.717, 1.165) is 6.42 Å². The Balaban J connectivity index is 3.10. The molecule has 2 heteroatoms. The normalized spacial score (nSPS) is 12.5. The topological polar surface area (TPSA) is 18.5 Å². The lowest BCUT2D eigenvalue weighted by atomic mass is 10.3. The Bertz CT molecular complexity index is 104. The molecule has 0 heterocycles. The van der Waals surface area contributed by atoms with Crippen LogP contribution in [0.3, 0.4) is 0 Å². The van der Waals surface area contributed by atoms with Gasteiger partial charge in [0, 0.05) is 13.7 Å². The molecule has 0 aliphatic carbocycles. The molecule has 0 aromatic heterocycles. The summed E-state index contributed by atoms with van der Waals surface area (Å²) in [6, 6.07) is 0. The van der Waals surface area contributed by atoms with E-state index in [9.17, 15) is 0 Å². The standard InChI is InChI=1S/C8H13O2/c1-4-6-10-8(2)5-7-9-3/h1,8H,2,5-7H2,3H3. The monoisotopic (exact) mass is 141 g/mol. The number of hydrogen-bond donors (Lipinski definition) is 0. The molecule has 0 aromatic rings. The Hall–Kier alpha value is -0.520. The fourth-order valence-corrected chi connectivity index (χ4v) is 0.499. The van der Waals surface area contributed by atoms with E-state index >= 15 is 0 Å². The van der Waals surface area contributed by atoms with Crippen LogP contribution in [-0.4, -0.2) is 26.4 Å². The highest BCUT2D eigenvalue weighted by Gasteiger charge is 1.98. The highest BCUT2D eigenvalue weighted by Crippen LogP contribution is 1.95. The van der Waals surface area contributed by atoms with Crippen molar-refractivity contribution in [2.75, 3.05) is 20.3 Å². The van der Waals surface area contributed by atoms with Gasteiger partial charge in [-0.2, -0.15) is 0 Å². The van der Waals surface area contributed by atoms with Crippen LogP contribution in [0.5, 0.6) is 0 Å². The van der Waals surface area contributed by atoms with Gasteiger partial charge in [0.1, 0.15) is 6.61 Å². The molecule has 0 aromatic carbocycles. The van der Waals surface area contributed by atoms with Gasteiger partial charge in [-0.15, -0.1) is 6.42 Å². The zero-order valence-electron chi connectivity index (χ0n) is 6.30. The average molecular weight is 141 g/mol. The van der Waals surface area contributed by atoms with E-state index < -0.39 is 0 Å². The first kappa shape index (κ1) is 9.48. The third-order valence-electron chi connectivity index (χ3n) is 1.05. The first-order valence-corrected chi connectivity index (χ1v) is 3.18. The van der Waals surface area contributed by atoms with Gasteiger partial charge in [0.15, 0.2) is 0 Å². The predicted molar refractivity (Wildman–Crippen MR) is 40.4 cm³/mol. The Morgan fingerprint density at radius 1 is 1.70 bits per heavy atom. The molecule has 1 atom stereocenters. The first-order valence-electron chi connectivity index (χ1n) is 3.18. The van der Waals surface area contributed by atoms with E-state index in [1.165, 1.54) is 0 Å². The maximum atomic E-state index is 5.07. The molecule has 0 spiro atoms. The van der Waals surface area contributed by atoms with Gasteiger partial charge in [0.25, 0.3) is 0 Å². The van der Waals surface area contributed by atoms with Crippen molar-refractivity contribution in [1.82, 2.24) is 0 Å². The SMILES string of the molecule is C#CCOC([CH2])CCOC. The fourth-order valence-electron chi connectivity index (χ4n) is 0.499. The molecule has 0 N–H and O–H groups in total. The third-order valence-corrected chi connectivity index (χ3v) is 1.05. The van der Waals surface area contributed by atoms with Crippen molar-refractivity contribution < 1.29 is 9.47 Å². The second kappa shape index (κ2) is 6.60. The lowest BCUT2D eigenvalue weighted by molar-refractivity contribution is 0.0765. The van der Waals surface area contributed by atoms with E-state index in [1.54, 1.807) is 7.11 Å². The molecule has 0 saturated carbocycles. The molecule has 0 aliphatic heterocycles. The number of methoxy groups -OCH3 is 1. The summed E-state index contributed by atoms with van der Waals surface area (Å²) in [6.45, 7) is 4.71. The van der Waals surface area contributed by atoms with E-state index in [1.807, 2.05) is 0 Å². The average Bonchev–Trinajstić information content (AvgIpc) is 1.97. The number of hydrogen-bond acceptors (Lipinski definition) is 2. The summed E-state index contributed by atoms with van der Waals surface area (Å²) >= 11 is 0. The molecule has 1 unspecified atom stereocenters. The van der Waals surface area contributed by atoms with Crippen LogP contribution >= 0.6 is 0 Å². The highest BCUT2D eigenvalue weighted by molar-refractivity contribution is 4.83. The van der Waals surface area contributed by atoms with Gasteiger partial charge < -0.3 is 9.47 Å². The summed E-state index contributed by atoms with van der Waals surface area (Å²) in [4.78, 5) is 0. The van der Waals surface area contributed by atoms with Crippen LogP contribution in [0.25, 0.3) is 0 Å². The number of ether oxygens (including phenoxy) is 2. The van der Waals surface area contributed by atoms with Gasteiger partial charge in [0.2, 0.25) is 0 Å². The van der Waals surface area contributed by atoms with Gasteiger partial charge in [-0.25, -0.2) is 0 Å². The van der Waals surface area contributed by atoms with E-state index in [2.05, 4.69) is 12.8 Å². The first-order chi connectivity index (χ1) is 4.81. The second-order valence-electron chi connectivity index (χ2n) is 1.92. The minimum absolute atomic E-state index is 0.0454. The summed E-state index contributed by atoms with van der Waals surface area (Å²) in [5, 5.41) is 0. The van der Waals surface area contributed by atoms with Gasteiger partial charge >= 0.3 is 0 Å². The smallest absolute Gasteiger partial charge is 0.107 e. The van der Waals surface area contributed by atoms with Crippen LogP contribution in [0.4, 0.5) is 0 Å². The predicted octanol–water partition coefficient (Wildman–Crippen LogP) is 0.875. The molecule has 0 fully saturated rings. The molecule has 2 nitrogen and oxygen atoms in total. The van der Waals surface area contributed by atoms with E-state index in [-0.39, 0.29) is 6.10 Å². The van der Waals surface area contributed by atoms with Crippen molar-refractivity contribution in [3.8, 4) is 12.3 Å². The molecule has 1 radical (unpaired) electrons. The molecule has 0 bridgehead atoms. The Morgan fingerprint density at radius 2 is 2.40 bits per heavy atom. The van der Waals surface area contributed by atoms with Crippen LogP contribution in [0.1, 0.15) is 6.42 Å². The molecule has 0 saturated heterocycles. The van der Waals surface area contributed by atoms with E-state index in [0.29, 0.717) is 13.2 Å². The van der Waals surface area contributed by atoms with Crippen LogP contribution in [0.15, 0.2) is 0 Å². The molecular formula is C8H13O2. The lowest BCUT2D eigenvalue weighted by Crippen LogP contribution is -2.11. The number of rotatable bonds is 5. The third kappa shape index (κ3) is 5.61. The molecule has 0 rings (SSSR count). The van der Waals surface area contributed by atoms with Crippen LogP contribution in [0.2, 0.25) is 0 Å². The maximum absolute atomic E-state index is 5.07. The van der Waals surface area contributed by atoms with Crippen molar-refractivity contribution in [2.45, 2.75) is 12.5 Å². The Morgan fingerprint density at radius 3 is 2.90 bits per heavy atom. The second-order valence-corrected chi connectivity index (χ2v) is 1.92. The summed E-state index contributed by atoms with van der Waals surface area (Å²) in [5.74, 6) is 2.37. The Labute approximate surface area is 62.5 Å². The van der Waals surface area contributed by atoms with Crippen LogP contribution < -0.4 is 0 Å². The molecule has 57 valence electrons. The quantitative estimate of drug-likeness (QED) is 0.529. The minimum atomic E-state index is -0.0454. The highest BCUT2D eigenvalue weighted by atomic mass is 16.5. The van der Waals surface area contributed by atoms with Crippen LogP contribution in [-0.2, 0) is 9.47 Å². The van der Waals surface area contributed by atoms with Gasteiger partial charge in [-0.05, 0) is 13.3 Å². The van der Waals surface area contributed by atoms with Crippen molar-refractivity contribution in [3.05, 3.63) is 6.92 Å². The van der Waals surface area contributed by atoms with Crippen molar-refractivity contribution in [2.24, 2.45) is 0 Å².